The SMILES string of the molecule is CC(C)[C@@H]1OC(c2ccccc2)=N[C@H]1CO[Si](C)(C)C(C)(C)C. The van der Waals surface area contributed by atoms with Gasteiger partial charge in [-0.05, 0) is 36.2 Å². The van der Waals surface area contributed by atoms with E-state index in [2.05, 4.69) is 47.7 Å². The summed E-state index contributed by atoms with van der Waals surface area (Å²) >= 11 is 0. The predicted octanol–water partition coefficient (Wildman–Crippen LogP) is 4.88. The molecule has 0 N–H and O–H groups in total. The van der Waals surface area contributed by atoms with Gasteiger partial charge in [-0.1, -0.05) is 52.8 Å². The minimum atomic E-state index is -1.76. The van der Waals surface area contributed by atoms with Gasteiger partial charge in [0, 0.05) is 5.56 Å². The largest absolute Gasteiger partial charge is 0.472 e. The molecular weight excluding hydrogens is 302 g/mol. The molecule has 2 rings (SSSR count). The molecule has 1 aliphatic rings. The Bertz CT molecular complexity index is 546. The number of ether oxygens (including phenoxy) is 1. The van der Waals surface area contributed by atoms with E-state index < -0.39 is 8.32 Å². The van der Waals surface area contributed by atoms with Crippen molar-refractivity contribution < 1.29 is 9.16 Å². The Morgan fingerprint density at radius 1 is 1.17 bits per heavy atom. The molecule has 0 radical (unpaired) electrons. The smallest absolute Gasteiger partial charge is 0.216 e. The van der Waals surface area contributed by atoms with Gasteiger partial charge < -0.3 is 9.16 Å². The number of hydrogen-bond acceptors (Lipinski definition) is 3. The number of nitrogens with zero attached hydrogens (tertiary/aromatic N) is 1. The third-order valence-corrected chi connectivity index (χ3v) is 9.51. The van der Waals surface area contributed by atoms with Crippen molar-refractivity contribution in [1.82, 2.24) is 0 Å². The van der Waals surface area contributed by atoms with E-state index in [1.165, 1.54) is 0 Å². The summed E-state index contributed by atoms with van der Waals surface area (Å²) in [6.07, 6.45) is 0.0926. The summed E-state index contributed by atoms with van der Waals surface area (Å²) < 4.78 is 12.6. The Morgan fingerprint density at radius 2 is 1.78 bits per heavy atom. The summed E-state index contributed by atoms with van der Waals surface area (Å²) in [6, 6.07) is 10.2. The van der Waals surface area contributed by atoms with Crippen molar-refractivity contribution in [2.45, 2.75) is 64.9 Å². The highest BCUT2D eigenvalue weighted by molar-refractivity contribution is 6.74. The molecule has 2 atom stereocenters. The average Bonchev–Trinajstić information content (AvgIpc) is 2.89. The monoisotopic (exact) mass is 333 g/mol. The molecule has 1 aromatic carbocycles. The lowest BCUT2D eigenvalue weighted by Crippen LogP contribution is -2.44. The summed E-state index contributed by atoms with van der Waals surface area (Å²) in [6.45, 7) is 16.4. The Hall–Kier alpha value is -1.13. The van der Waals surface area contributed by atoms with Gasteiger partial charge in [0.05, 0.1) is 6.61 Å². The van der Waals surface area contributed by atoms with Crippen molar-refractivity contribution in [2.75, 3.05) is 6.61 Å². The maximum absolute atomic E-state index is 6.39. The summed E-state index contributed by atoms with van der Waals surface area (Å²) in [5.74, 6) is 1.17. The molecule has 0 spiro atoms. The van der Waals surface area contributed by atoms with Gasteiger partial charge in [-0.3, -0.25) is 0 Å². The van der Waals surface area contributed by atoms with Gasteiger partial charge in [-0.2, -0.15) is 0 Å². The summed E-state index contributed by atoms with van der Waals surface area (Å²) in [5, 5.41) is 0.214. The average molecular weight is 334 g/mol. The van der Waals surface area contributed by atoms with E-state index in [9.17, 15) is 0 Å². The van der Waals surface area contributed by atoms with Crippen LogP contribution in [0.4, 0.5) is 0 Å². The van der Waals surface area contributed by atoms with Crippen molar-refractivity contribution in [1.29, 1.82) is 0 Å². The van der Waals surface area contributed by atoms with E-state index in [-0.39, 0.29) is 17.2 Å². The molecule has 1 aliphatic heterocycles. The van der Waals surface area contributed by atoms with Crippen molar-refractivity contribution in [3.63, 3.8) is 0 Å². The van der Waals surface area contributed by atoms with Gasteiger partial charge >= 0.3 is 0 Å². The Balaban J connectivity index is 2.13. The topological polar surface area (TPSA) is 30.8 Å². The van der Waals surface area contributed by atoms with Crippen LogP contribution in [0.3, 0.4) is 0 Å². The first-order chi connectivity index (χ1) is 10.6. The number of rotatable bonds is 5. The van der Waals surface area contributed by atoms with Gasteiger partial charge in [-0.15, -0.1) is 0 Å². The van der Waals surface area contributed by atoms with Gasteiger partial charge in [0.2, 0.25) is 5.90 Å². The lowest BCUT2D eigenvalue weighted by atomic mass is 10.0. The summed E-state index contributed by atoms with van der Waals surface area (Å²) in [4.78, 5) is 4.84. The second kappa shape index (κ2) is 6.77. The molecule has 0 saturated heterocycles. The van der Waals surface area contributed by atoms with E-state index in [4.69, 9.17) is 14.2 Å². The maximum Gasteiger partial charge on any atom is 0.216 e. The fraction of sp³-hybridized carbons (Fsp3) is 0.632. The minimum Gasteiger partial charge on any atom is -0.472 e. The van der Waals surface area contributed by atoms with Gasteiger partial charge in [0.15, 0.2) is 8.32 Å². The lowest BCUT2D eigenvalue weighted by Gasteiger charge is -2.37. The molecule has 128 valence electrons. The molecule has 23 heavy (non-hydrogen) atoms. The van der Waals surface area contributed by atoms with Crippen LogP contribution in [0.5, 0.6) is 0 Å². The molecule has 0 amide bonds. The molecule has 4 heteroatoms. The number of benzene rings is 1. The zero-order valence-electron chi connectivity index (χ0n) is 15.6. The van der Waals surface area contributed by atoms with Crippen molar-refractivity contribution in [3.05, 3.63) is 35.9 Å². The molecule has 0 aromatic heterocycles. The van der Waals surface area contributed by atoms with Crippen LogP contribution in [0.25, 0.3) is 0 Å². The van der Waals surface area contributed by atoms with Crippen molar-refractivity contribution >= 4 is 14.2 Å². The van der Waals surface area contributed by atoms with Crippen LogP contribution < -0.4 is 0 Å². The zero-order valence-corrected chi connectivity index (χ0v) is 16.6. The van der Waals surface area contributed by atoms with E-state index in [1.807, 2.05) is 30.3 Å². The van der Waals surface area contributed by atoms with Gasteiger partial charge in [-0.25, -0.2) is 4.99 Å². The highest BCUT2D eigenvalue weighted by atomic mass is 28.4. The minimum absolute atomic E-state index is 0.0827. The second-order valence-corrected chi connectivity index (χ2v) is 13.1. The van der Waals surface area contributed by atoms with Crippen LogP contribution in [0.1, 0.15) is 40.2 Å². The summed E-state index contributed by atoms with van der Waals surface area (Å²) in [7, 11) is -1.76. The van der Waals surface area contributed by atoms with Crippen LogP contribution in [0.2, 0.25) is 18.1 Å². The van der Waals surface area contributed by atoms with Crippen LogP contribution in [0, 0.1) is 5.92 Å². The third-order valence-electron chi connectivity index (χ3n) is 5.01. The molecule has 0 bridgehead atoms. The highest BCUT2D eigenvalue weighted by Gasteiger charge is 2.40. The highest BCUT2D eigenvalue weighted by Crippen LogP contribution is 2.37. The van der Waals surface area contributed by atoms with E-state index in [0.717, 1.165) is 11.5 Å². The van der Waals surface area contributed by atoms with Crippen LogP contribution in [-0.4, -0.2) is 33.0 Å². The Labute approximate surface area is 142 Å². The second-order valence-electron chi connectivity index (χ2n) is 8.27. The lowest BCUT2D eigenvalue weighted by molar-refractivity contribution is 0.113. The standard InChI is InChI=1S/C19H31NO2Si/c1-14(2)17-16(13-21-23(6,7)19(3,4)5)20-18(22-17)15-11-9-8-10-12-15/h8-12,14,16-17H,13H2,1-7H3/t16-,17-/m0/s1. The first-order valence-electron chi connectivity index (χ1n) is 8.55. The fourth-order valence-corrected chi connectivity index (χ4v) is 3.43. The predicted molar refractivity (Wildman–Crippen MR) is 99.6 cm³/mol. The van der Waals surface area contributed by atoms with E-state index in [1.54, 1.807) is 0 Å². The summed E-state index contributed by atoms with van der Waals surface area (Å²) in [5.41, 5.74) is 1.05. The molecule has 3 nitrogen and oxygen atoms in total. The molecule has 1 aromatic rings. The molecular formula is C19H31NO2Si. The first kappa shape index (κ1) is 18.2. The first-order valence-corrected chi connectivity index (χ1v) is 11.5. The van der Waals surface area contributed by atoms with Crippen molar-refractivity contribution in [2.24, 2.45) is 10.9 Å². The zero-order chi connectivity index (χ0) is 17.3. The third kappa shape index (κ3) is 4.24. The Morgan fingerprint density at radius 3 is 2.30 bits per heavy atom. The fourth-order valence-electron chi connectivity index (χ4n) is 2.41. The van der Waals surface area contributed by atoms with E-state index >= 15 is 0 Å². The molecule has 0 saturated carbocycles. The molecule has 1 heterocycles. The quantitative estimate of drug-likeness (QED) is 0.719. The van der Waals surface area contributed by atoms with Crippen LogP contribution >= 0.6 is 0 Å². The normalized spacial score (nSPS) is 22.2. The van der Waals surface area contributed by atoms with Gasteiger partial charge in [0.25, 0.3) is 0 Å². The van der Waals surface area contributed by atoms with Crippen LogP contribution in [-0.2, 0) is 9.16 Å². The number of hydrogen-bond donors (Lipinski definition) is 0. The molecule has 0 aliphatic carbocycles. The molecule has 0 unspecified atom stereocenters. The Kier molecular flexibility index (Phi) is 5.36. The van der Waals surface area contributed by atoms with Crippen LogP contribution in [0.15, 0.2) is 35.3 Å². The van der Waals surface area contributed by atoms with Crippen molar-refractivity contribution in [3.8, 4) is 0 Å². The maximum atomic E-state index is 6.39. The van der Waals surface area contributed by atoms with Gasteiger partial charge in [0.1, 0.15) is 12.1 Å². The van der Waals surface area contributed by atoms with E-state index in [0.29, 0.717) is 12.5 Å². The molecule has 0 fully saturated rings. The number of aliphatic imine (C=N–C) groups is 1.